The van der Waals surface area contributed by atoms with Crippen molar-refractivity contribution in [1.29, 1.82) is 0 Å². The Hall–Kier alpha value is -2.80. The summed E-state index contributed by atoms with van der Waals surface area (Å²) in [5.74, 6) is 1.30. The average molecular weight is 402 g/mol. The minimum atomic E-state index is -0.255. The van der Waals surface area contributed by atoms with Gasteiger partial charge in [0.05, 0.1) is 27.9 Å². The highest BCUT2D eigenvalue weighted by Crippen LogP contribution is 2.38. The highest BCUT2D eigenvalue weighted by molar-refractivity contribution is 5.78. The third kappa shape index (κ3) is 5.60. The molecule has 6 nitrogen and oxygen atoms in total. The number of ether oxygens (including phenoxy) is 3. The van der Waals surface area contributed by atoms with Gasteiger partial charge in [0.1, 0.15) is 5.82 Å². The number of nitrogens with zero attached hydrogens (tertiary/aromatic N) is 1. The molecule has 0 heterocycles. The van der Waals surface area contributed by atoms with Crippen LogP contribution >= 0.6 is 0 Å². The normalized spacial score (nSPS) is 13.3. The zero-order valence-corrected chi connectivity index (χ0v) is 17.0. The molecule has 29 heavy (non-hydrogen) atoms. The summed E-state index contributed by atoms with van der Waals surface area (Å²) in [5.41, 5.74) is 1.85. The van der Waals surface area contributed by atoms with Gasteiger partial charge in [0, 0.05) is 19.1 Å². The van der Waals surface area contributed by atoms with Gasteiger partial charge >= 0.3 is 0 Å². The first kappa shape index (κ1) is 20.9. The van der Waals surface area contributed by atoms with Crippen molar-refractivity contribution in [2.45, 2.75) is 32.0 Å². The van der Waals surface area contributed by atoms with Crippen molar-refractivity contribution in [2.75, 3.05) is 27.9 Å². The third-order valence-electron chi connectivity index (χ3n) is 4.92. The Morgan fingerprint density at radius 3 is 2.17 bits per heavy atom. The summed E-state index contributed by atoms with van der Waals surface area (Å²) < 4.78 is 29.1. The summed E-state index contributed by atoms with van der Waals surface area (Å²) in [5, 5.41) is 2.95. The Balaban J connectivity index is 1.60. The summed E-state index contributed by atoms with van der Waals surface area (Å²) in [6.07, 6.45) is 2.17. The molecule has 3 rings (SSSR count). The lowest BCUT2D eigenvalue weighted by Gasteiger charge is -2.21. The Morgan fingerprint density at radius 2 is 1.66 bits per heavy atom. The lowest BCUT2D eigenvalue weighted by atomic mass is 10.1. The van der Waals surface area contributed by atoms with Crippen LogP contribution in [0.5, 0.6) is 17.2 Å². The monoisotopic (exact) mass is 402 g/mol. The van der Waals surface area contributed by atoms with Crippen LogP contribution in [0.1, 0.15) is 24.0 Å². The van der Waals surface area contributed by atoms with Crippen LogP contribution in [0.15, 0.2) is 36.4 Å². The topological polar surface area (TPSA) is 60.0 Å². The fourth-order valence-corrected chi connectivity index (χ4v) is 3.26. The van der Waals surface area contributed by atoms with Crippen molar-refractivity contribution in [2.24, 2.45) is 0 Å². The smallest absolute Gasteiger partial charge is 0.234 e. The van der Waals surface area contributed by atoms with Crippen molar-refractivity contribution in [3.05, 3.63) is 53.3 Å². The number of hydrogen-bond acceptors (Lipinski definition) is 5. The summed E-state index contributed by atoms with van der Waals surface area (Å²) in [7, 11) is 4.67. The van der Waals surface area contributed by atoms with Crippen LogP contribution in [0.4, 0.5) is 4.39 Å². The van der Waals surface area contributed by atoms with E-state index in [0.29, 0.717) is 42.9 Å². The summed E-state index contributed by atoms with van der Waals surface area (Å²) in [6.45, 7) is 1.28. The van der Waals surface area contributed by atoms with Gasteiger partial charge in [-0.2, -0.15) is 0 Å². The third-order valence-corrected chi connectivity index (χ3v) is 4.92. The van der Waals surface area contributed by atoms with Crippen molar-refractivity contribution in [3.63, 3.8) is 0 Å². The first-order chi connectivity index (χ1) is 14.0. The van der Waals surface area contributed by atoms with E-state index in [1.807, 2.05) is 12.1 Å². The predicted octanol–water partition coefficient (Wildman–Crippen LogP) is 3.13. The van der Waals surface area contributed by atoms with Crippen molar-refractivity contribution < 1.29 is 23.4 Å². The van der Waals surface area contributed by atoms with Crippen LogP contribution in [0, 0.1) is 5.82 Å². The van der Waals surface area contributed by atoms with E-state index >= 15 is 0 Å². The number of carbonyl (C=O) groups excluding carboxylic acids is 1. The largest absolute Gasteiger partial charge is 0.493 e. The van der Waals surface area contributed by atoms with Gasteiger partial charge in [0.2, 0.25) is 11.7 Å². The lowest BCUT2D eigenvalue weighted by Crippen LogP contribution is -2.37. The van der Waals surface area contributed by atoms with E-state index in [0.717, 1.165) is 24.0 Å². The molecule has 0 atom stereocenters. The van der Waals surface area contributed by atoms with E-state index in [4.69, 9.17) is 14.2 Å². The van der Waals surface area contributed by atoms with Crippen LogP contribution in [0.3, 0.4) is 0 Å². The van der Waals surface area contributed by atoms with Crippen molar-refractivity contribution >= 4 is 5.91 Å². The van der Waals surface area contributed by atoms with Gasteiger partial charge < -0.3 is 19.5 Å². The number of nitrogens with one attached hydrogen (secondary N) is 1. The molecule has 0 aromatic heterocycles. The summed E-state index contributed by atoms with van der Waals surface area (Å²) in [6, 6.07) is 10.5. The van der Waals surface area contributed by atoms with Gasteiger partial charge in [-0.3, -0.25) is 9.69 Å². The molecule has 0 unspecified atom stereocenters. The second kappa shape index (κ2) is 9.60. The molecule has 0 radical (unpaired) electrons. The molecular weight excluding hydrogens is 375 g/mol. The highest BCUT2D eigenvalue weighted by atomic mass is 19.1. The number of rotatable bonds is 10. The summed E-state index contributed by atoms with van der Waals surface area (Å²) in [4.78, 5) is 14.7. The summed E-state index contributed by atoms with van der Waals surface area (Å²) >= 11 is 0. The van der Waals surface area contributed by atoms with Gasteiger partial charge in [-0.1, -0.05) is 12.1 Å². The van der Waals surface area contributed by atoms with Crippen molar-refractivity contribution in [1.82, 2.24) is 10.2 Å². The zero-order chi connectivity index (χ0) is 20.8. The van der Waals surface area contributed by atoms with Crippen LogP contribution < -0.4 is 19.5 Å². The molecule has 1 N–H and O–H groups in total. The molecule has 0 aliphatic heterocycles. The Kier molecular flexibility index (Phi) is 6.93. The van der Waals surface area contributed by atoms with Crippen LogP contribution in [0.25, 0.3) is 0 Å². The molecule has 1 fully saturated rings. The first-order valence-electron chi connectivity index (χ1n) is 9.58. The molecule has 156 valence electrons. The predicted molar refractivity (Wildman–Crippen MR) is 108 cm³/mol. The number of methoxy groups -OCH3 is 3. The minimum Gasteiger partial charge on any atom is -0.493 e. The number of halogens is 1. The first-order valence-corrected chi connectivity index (χ1v) is 9.58. The lowest BCUT2D eigenvalue weighted by molar-refractivity contribution is -0.122. The maximum atomic E-state index is 13.1. The van der Waals surface area contributed by atoms with Crippen LogP contribution in [0.2, 0.25) is 0 Å². The number of hydrogen-bond donors (Lipinski definition) is 1. The van der Waals surface area contributed by atoms with E-state index in [-0.39, 0.29) is 11.7 Å². The Labute approximate surface area is 170 Å². The van der Waals surface area contributed by atoms with Crippen molar-refractivity contribution in [3.8, 4) is 17.2 Å². The molecule has 1 aliphatic carbocycles. The van der Waals surface area contributed by atoms with Gasteiger partial charge in [-0.15, -0.1) is 0 Å². The number of benzene rings is 2. The number of carbonyl (C=O) groups is 1. The van der Waals surface area contributed by atoms with Crippen LogP contribution in [-0.2, 0) is 17.9 Å². The Bertz CT molecular complexity index is 812. The SMILES string of the molecule is COc1cc(CNC(=O)CN(Cc2ccc(F)cc2)C2CC2)cc(OC)c1OC. The van der Waals surface area contributed by atoms with Gasteiger partial charge in [0.15, 0.2) is 11.5 Å². The van der Waals surface area contributed by atoms with E-state index in [1.165, 1.54) is 12.1 Å². The fraction of sp³-hybridized carbons (Fsp3) is 0.409. The quantitative estimate of drug-likeness (QED) is 0.662. The van der Waals surface area contributed by atoms with Gasteiger partial charge in [0.25, 0.3) is 0 Å². The molecule has 2 aromatic rings. The highest BCUT2D eigenvalue weighted by Gasteiger charge is 2.30. The molecule has 1 amide bonds. The van der Waals surface area contributed by atoms with Gasteiger partial charge in [-0.05, 0) is 48.2 Å². The zero-order valence-electron chi connectivity index (χ0n) is 17.0. The molecular formula is C22H27FN2O4. The van der Waals surface area contributed by atoms with E-state index < -0.39 is 0 Å². The molecule has 0 bridgehead atoms. The maximum absolute atomic E-state index is 13.1. The molecule has 7 heteroatoms. The van der Waals surface area contributed by atoms with E-state index in [9.17, 15) is 9.18 Å². The maximum Gasteiger partial charge on any atom is 0.234 e. The van der Waals surface area contributed by atoms with Gasteiger partial charge in [-0.25, -0.2) is 4.39 Å². The van der Waals surface area contributed by atoms with Crippen LogP contribution in [-0.4, -0.2) is 44.7 Å². The molecule has 0 saturated heterocycles. The Morgan fingerprint density at radius 1 is 1.03 bits per heavy atom. The minimum absolute atomic E-state index is 0.0623. The second-order valence-electron chi connectivity index (χ2n) is 7.07. The van der Waals surface area contributed by atoms with E-state index in [1.54, 1.807) is 33.5 Å². The van der Waals surface area contributed by atoms with E-state index in [2.05, 4.69) is 10.2 Å². The number of amides is 1. The molecule has 2 aromatic carbocycles. The standard InChI is InChI=1S/C22H27FN2O4/c1-27-19-10-16(11-20(28-2)22(19)29-3)12-24-21(26)14-25(18-8-9-18)13-15-4-6-17(23)7-5-15/h4-7,10-11,18H,8-9,12-14H2,1-3H3,(H,24,26). The molecule has 0 spiro atoms. The molecule has 1 saturated carbocycles. The second-order valence-corrected chi connectivity index (χ2v) is 7.07. The molecule has 1 aliphatic rings. The average Bonchev–Trinajstić information content (AvgIpc) is 3.57. The fourth-order valence-electron chi connectivity index (χ4n) is 3.26.